The third kappa shape index (κ3) is 4.48. The molecular formula is C20H17ClN4O2. The molecule has 0 unspecified atom stereocenters. The summed E-state index contributed by atoms with van der Waals surface area (Å²) in [5.41, 5.74) is 3.05. The van der Waals surface area contributed by atoms with Gasteiger partial charge in [0.05, 0.1) is 0 Å². The second-order valence-electron chi connectivity index (χ2n) is 5.91. The van der Waals surface area contributed by atoms with Crippen LogP contribution in [-0.4, -0.2) is 21.7 Å². The first-order chi connectivity index (χ1) is 12.9. The largest absolute Gasteiger partial charge is 0.340 e. The Hall–Kier alpha value is -3.25. The molecule has 0 saturated heterocycles. The normalized spacial score (nSPS) is 10.3. The van der Waals surface area contributed by atoms with Crippen LogP contribution in [0.1, 0.15) is 33.3 Å². The van der Waals surface area contributed by atoms with Gasteiger partial charge in [-0.1, -0.05) is 17.7 Å². The Bertz CT molecular complexity index is 1000. The minimum atomic E-state index is -0.376. The van der Waals surface area contributed by atoms with Crippen molar-refractivity contribution in [2.24, 2.45) is 0 Å². The van der Waals surface area contributed by atoms with Crippen molar-refractivity contribution in [1.29, 1.82) is 0 Å². The van der Waals surface area contributed by atoms with Gasteiger partial charge in [-0.3, -0.25) is 9.59 Å². The van der Waals surface area contributed by atoms with Gasteiger partial charge < -0.3 is 10.6 Å². The number of halogens is 1. The molecule has 0 aliphatic heterocycles. The summed E-state index contributed by atoms with van der Waals surface area (Å²) < 4.78 is 0. The maximum Gasteiger partial charge on any atom is 0.274 e. The summed E-state index contributed by atoms with van der Waals surface area (Å²) in [5.74, 6) is 0.0713. The van der Waals surface area contributed by atoms with E-state index in [0.717, 1.165) is 11.3 Å². The molecule has 0 bridgehead atoms. The summed E-state index contributed by atoms with van der Waals surface area (Å²) in [4.78, 5) is 31.9. The average molecular weight is 381 g/mol. The van der Waals surface area contributed by atoms with Crippen LogP contribution in [-0.2, 0) is 0 Å². The zero-order valence-electron chi connectivity index (χ0n) is 14.8. The van der Waals surface area contributed by atoms with Crippen molar-refractivity contribution in [3.8, 4) is 0 Å². The molecule has 27 heavy (non-hydrogen) atoms. The predicted molar refractivity (Wildman–Crippen MR) is 106 cm³/mol. The van der Waals surface area contributed by atoms with Gasteiger partial charge >= 0.3 is 0 Å². The second kappa shape index (κ2) is 7.97. The highest BCUT2D eigenvalue weighted by Crippen LogP contribution is 2.25. The number of Topliss-reactive ketones (excluding diaryl/α,β-unsaturated/α-hetero) is 1. The standard InChI is InChI=1S/C20H17ClN4O2/c1-12-16(21)4-3-5-17(12)25-19-10-18(22-11-23-19)20(27)24-15-8-6-14(7-9-15)13(2)26/h3-11H,1-2H3,(H,24,27)(H,22,23,25). The third-order valence-corrected chi connectivity index (χ3v) is 4.39. The molecule has 0 atom stereocenters. The predicted octanol–water partition coefficient (Wildman–Crippen LogP) is 4.64. The summed E-state index contributed by atoms with van der Waals surface area (Å²) >= 11 is 6.12. The Morgan fingerprint density at radius 3 is 2.48 bits per heavy atom. The number of hydrogen-bond acceptors (Lipinski definition) is 5. The van der Waals surface area contributed by atoms with Crippen LogP contribution < -0.4 is 10.6 Å². The molecule has 0 aliphatic rings. The van der Waals surface area contributed by atoms with Crippen molar-refractivity contribution in [3.63, 3.8) is 0 Å². The zero-order chi connectivity index (χ0) is 19.4. The van der Waals surface area contributed by atoms with E-state index < -0.39 is 0 Å². The molecule has 2 aromatic carbocycles. The van der Waals surface area contributed by atoms with Crippen molar-refractivity contribution in [2.45, 2.75) is 13.8 Å². The summed E-state index contributed by atoms with van der Waals surface area (Å²) in [5, 5.41) is 6.53. The molecule has 1 heterocycles. The number of hydrogen-bond donors (Lipinski definition) is 2. The monoisotopic (exact) mass is 380 g/mol. The molecule has 0 aliphatic carbocycles. The van der Waals surface area contributed by atoms with E-state index >= 15 is 0 Å². The van der Waals surface area contributed by atoms with Gasteiger partial charge in [-0.2, -0.15) is 0 Å². The van der Waals surface area contributed by atoms with E-state index in [1.54, 1.807) is 36.4 Å². The molecular weight excluding hydrogens is 364 g/mol. The number of nitrogens with one attached hydrogen (secondary N) is 2. The Kier molecular flexibility index (Phi) is 5.47. The highest BCUT2D eigenvalue weighted by molar-refractivity contribution is 6.31. The molecule has 136 valence electrons. The Labute approximate surface area is 161 Å². The molecule has 6 nitrogen and oxygen atoms in total. The van der Waals surface area contributed by atoms with Gasteiger partial charge in [0.25, 0.3) is 5.91 Å². The van der Waals surface area contributed by atoms with Crippen molar-refractivity contribution in [2.75, 3.05) is 10.6 Å². The Morgan fingerprint density at radius 1 is 1.04 bits per heavy atom. The van der Waals surface area contributed by atoms with E-state index in [9.17, 15) is 9.59 Å². The van der Waals surface area contributed by atoms with Gasteiger partial charge in [0, 0.05) is 28.0 Å². The summed E-state index contributed by atoms with van der Waals surface area (Å²) in [6.45, 7) is 3.38. The maximum atomic E-state index is 12.4. The molecule has 2 N–H and O–H groups in total. The summed E-state index contributed by atoms with van der Waals surface area (Å²) in [7, 11) is 0. The minimum absolute atomic E-state index is 0.0318. The fourth-order valence-electron chi connectivity index (χ4n) is 2.41. The molecule has 1 amide bonds. The van der Waals surface area contributed by atoms with Gasteiger partial charge in [-0.05, 0) is 55.8 Å². The first-order valence-electron chi connectivity index (χ1n) is 8.20. The number of nitrogens with zero attached hydrogens (tertiary/aromatic N) is 2. The number of rotatable bonds is 5. The first-order valence-corrected chi connectivity index (χ1v) is 8.58. The van der Waals surface area contributed by atoms with Crippen LogP contribution >= 0.6 is 11.6 Å². The van der Waals surface area contributed by atoms with Crippen LogP contribution in [0, 0.1) is 6.92 Å². The molecule has 7 heteroatoms. The van der Waals surface area contributed by atoms with Gasteiger partial charge in [-0.25, -0.2) is 9.97 Å². The molecule has 3 aromatic rings. The number of aromatic nitrogens is 2. The second-order valence-corrected chi connectivity index (χ2v) is 6.32. The lowest BCUT2D eigenvalue weighted by atomic mass is 10.1. The quantitative estimate of drug-likeness (QED) is 0.630. The van der Waals surface area contributed by atoms with Crippen LogP contribution in [0.3, 0.4) is 0 Å². The van der Waals surface area contributed by atoms with Crippen molar-refractivity contribution in [1.82, 2.24) is 9.97 Å². The lowest BCUT2D eigenvalue weighted by Gasteiger charge is -2.11. The van der Waals surface area contributed by atoms with E-state index in [-0.39, 0.29) is 17.4 Å². The fraction of sp³-hybridized carbons (Fsp3) is 0.100. The SMILES string of the molecule is CC(=O)c1ccc(NC(=O)c2cc(Nc3cccc(Cl)c3C)ncn2)cc1. The van der Waals surface area contributed by atoms with Gasteiger partial charge in [0.2, 0.25) is 0 Å². The van der Waals surface area contributed by atoms with Crippen molar-refractivity contribution >= 4 is 40.5 Å². The first kappa shape index (κ1) is 18.5. The average Bonchev–Trinajstić information content (AvgIpc) is 2.66. The number of carbonyl (C=O) groups is 2. The lowest BCUT2D eigenvalue weighted by Crippen LogP contribution is -2.14. The van der Waals surface area contributed by atoms with Crippen LogP contribution in [0.4, 0.5) is 17.2 Å². The van der Waals surface area contributed by atoms with Crippen molar-refractivity contribution in [3.05, 3.63) is 76.7 Å². The Balaban J connectivity index is 1.75. The number of benzene rings is 2. The smallest absolute Gasteiger partial charge is 0.274 e. The minimum Gasteiger partial charge on any atom is -0.340 e. The maximum absolute atomic E-state index is 12.4. The van der Waals surface area contributed by atoms with Gasteiger partial charge in [0.1, 0.15) is 17.8 Å². The molecule has 0 saturated carbocycles. The molecule has 0 fully saturated rings. The van der Waals surface area contributed by atoms with E-state index in [1.807, 2.05) is 19.1 Å². The number of anilines is 3. The van der Waals surface area contributed by atoms with Crippen LogP contribution in [0.15, 0.2) is 54.9 Å². The number of amides is 1. The highest BCUT2D eigenvalue weighted by Gasteiger charge is 2.11. The highest BCUT2D eigenvalue weighted by atomic mass is 35.5. The molecule has 3 rings (SSSR count). The lowest BCUT2D eigenvalue weighted by molar-refractivity contribution is 0.101. The van der Waals surface area contributed by atoms with E-state index in [4.69, 9.17) is 11.6 Å². The third-order valence-electron chi connectivity index (χ3n) is 3.98. The zero-order valence-corrected chi connectivity index (χ0v) is 15.5. The topological polar surface area (TPSA) is 84.0 Å². The molecule has 0 spiro atoms. The van der Waals surface area contributed by atoms with Gasteiger partial charge in [0.15, 0.2) is 5.78 Å². The van der Waals surface area contributed by atoms with E-state index in [1.165, 1.54) is 13.3 Å². The van der Waals surface area contributed by atoms with Crippen LogP contribution in [0.5, 0.6) is 0 Å². The Morgan fingerprint density at radius 2 is 1.78 bits per heavy atom. The van der Waals surface area contributed by atoms with Gasteiger partial charge in [-0.15, -0.1) is 0 Å². The molecule has 1 aromatic heterocycles. The number of carbonyl (C=O) groups excluding carboxylic acids is 2. The van der Waals surface area contributed by atoms with Crippen LogP contribution in [0.25, 0.3) is 0 Å². The molecule has 0 radical (unpaired) electrons. The van der Waals surface area contributed by atoms with Crippen molar-refractivity contribution < 1.29 is 9.59 Å². The summed E-state index contributed by atoms with van der Waals surface area (Å²) in [6, 6.07) is 13.7. The number of ketones is 1. The van der Waals surface area contributed by atoms with Crippen LogP contribution in [0.2, 0.25) is 5.02 Å². The van der Waals surface area contributed by atoms with E-state index in [2.05, 4.69) is 20.6 Å². The fourth-order valence-corrected chi connectivity index (χ4v) is 2.59. The summed E-state index contributed by atoms with van der Waals surface area (Å²) in [6.07, 6.45) is 1.32. The van der Waals surface area contributed by atoms with E-state index in [0.29, 0.717) is 22.1 Å².